The van der Waals surface area contributed by atoms with E-state index in [1.165, 1.54) is 6.07 Å². The quantitative estimate of drug-likeness (QED) is 0.597. The second-order valence-electron chi connectivity index (χ2n) is 8.05. The first-order valence-corrected chi connectivity index (χ1v) is 10.9. The standard InChI is InChI=1S/C26H28FN3O2/c1-20-6-12-24(13-7-20)32-19-26(31)28-22-8-10-23(11-9-22)30-16-14-29(15-17-30)18-21-4-2-3-5-25(21)27/h2-13H,14-19H2,1H3,(H,28,31). The number of aryl methyl sites for hydroxylation is 1. The Morgan fingerprint density at radius 1 is 0.938 bits per heavy atom. The van der Waals surface area contributed by atoms with Crippen LogP contribution in [0, 0.1) is 12.7 Å². The third-order valence-corrected chi connectivity index (χ3v) is 5.63. The van der Waals surface area contributed by atoms with E-state index < -0.39 is 0 Å². The molecule has 6 heteroatoms. The van der Waals surface area contributed by atoms with Gasteiger partial charge in [-0.3, -0.25) is 9.69 Å². The van der Waals surface area contributed by atoms with Crippen molar-refractivity contribution in [1.29, 1.82) is 0 Å². The molecule has 1 amide bonds. The number of piperazine rings is 1. The number of nitrogens with zero attached hydrogens (tertiary/aromatic N) is 2. The number of nitrogens with one attached hydrogen (secondary N) is 1. The number of halogens is 1. The normalized spacial score (nSPS) is 14.2. The molecule has 0 aliphatic carbocycles. The van der Waals surface area contributed by atoms with E-state index in [1.807, 2.05) is 67.6 Å². The van der Waals surface area contributed by atoms with Crippen LogP contribution in [-0.2, 0) is 11.3 Å². The molecule has 1 fully saturated rings. The van der Waals surface area contributed by atoms with Crippen molar-refractivity contribution in [2.75, 3.05) is 43.0 Å². The lowest BCUT2D eigenvalue weighted by Gasteiger charge is -2.36. The Balaban J connectivity index is 1.23. The maximum absolute atomic E-state index is 13.9. The minimum Gasteiger partial charge on any atom is -0.484 e. The third kappa shape index (κ3) is 5.86. The van der Waals surface area contributed by atoms with Crippen LogP contribution in [0.3, 0.4) is 0 Å². The van der Waals surface area contributed by atoms with Crippen LogP contribution in [0.5, 0.6) is 5.75 Å². The monoisotopic (exact) mass is 433 g/mol. The van der Waals surface area contributed by atoms with Crippen molar-refractivity contribution >= 4 is 17.3 Å². The molecule has 1 heterocycles. The number of amides is 1. The highest BCUT2D eigenvalue weighted by Gasteiger charge is 2.18. The molecule has 1 saturated heterocycles. The fourth-order valence-corrected chi connectivity index (χ4v) is 3.77. The molecule has 4 rings (SSSR count). The highest BCUT2D eigenvalue weighted by atomic mass is 19.1. The van der Waals surface area contributed by atoms with Gasteiger partial charge in [0.15, 0.2) is 6.61 Å². The van der Waals surface area contributed by atoms with Gasteiger partial charge < -0.3 is 15.0 Å². The molecule has 32 heavy (non-hydrogen) atoms. The van der Waals surface area contributed by atoms with Crippen LogP contribution in [0.2, 0.25) is 0 Å². The predicted molar refractivity (Wildman–Crippen MR) is 126 cm³/mol. The molecule has 0 saturated carbocycles. The Labute approximate surface area is 188 Å². The highest BCUT2D eigenvalue weighted by Crippen LogP contribution is 2.21. The van der Waals surface area contributed by atoms with Gasteiger partial charge in [0.2, 0.25) is 0 Å². The van der Waals surface area contributed by atoms with Gasteiger partial charge >= 0.3 is 0 Å². The molecule has 5 nitrogen and oxygen atoms in total. The largest absolute Gasteiger partial charge is 0.484 e. The molecule has 1 N–H and O–H groups in total. The zero-order chi connectivity index (χ0) is 22.3. The average Bonchev–Trinajstić information content (AvgIpc) is 2.81. The molecule has 0 radical (unpaired) electrons. The summed E-state index contributed by atoms with van der Waals surface area (Å²) in [6, 6.07) is 22.4. The summed E-state index contributed by atoms with van der Waals surface area (Å²) >= 11 is 0. The van der Waals surface area contributed by atoms with Crippen LogP contribution in [-0.4, -0.2) is 43.6 Å². The Morgan fingerprint density at radius 2 is 1.62 bits per heavy atom. The van der Waals surface area contributed by atoms with Crippen LogP contribution in [0.25, 0.3) is 0 Å². The van der Waals surface area contributed by atoms with E-state index in [1.54, 1.807) is 6.07 Å². The number of ether oxygens (including phenoxy) is 1. The zero-order valence-corrected chi connectivity index (χ0v) is 18.3. The van der Waals surface area contributed by atoms with Crippen LogP contribution >= 0.6 is 0 Å². The summed E-state index contributed by atoms with van der Waals surface area (Å²) in [7, 11) is 0. The second-order valence-corrected chi connectivity index (χ2v) is 8.05. The first kappa shape index (κ1) is 21.8. The smallest absolute Gasteiger partial charge is 0.262 e. The maximum Gasteiger partial charge on any atom is 0.262 e. The molecular weight excluding hydrogens is 405 g/mol. The zero-order valence-electron chi connectivity index (χ0n) is 18.3. The molecule has 1 aliphatic heterocycles. The predicted octanol–water partition coefficient (Wildman–Crippen LogP) is 4.47. The summed E-state index contributed by atoms with van der Waals surface area (Å²) in [5, 5.41) is 2.87. The van der Waals surface area contributed by atoms with Crippen molar-refractivity contribution in [3.8, 4) is 5.75 Å². The average molecular weight is 434 g/mol. The number of carbonyl (C=O) groups is 1. The molecule has 1 aliphatic rings. The molecule has 166 valence electrons. The maximum atomic E-state index is 13.9. The summed E-state index contributed by atoms with van der Waals surface area (Å²) < 4.78 is 19.4. The fourth-order valence-electron chi connectivity index (χ4n) is 3.77. The third-order valence-electron chi connectivity index (χ3n) is 5.63. The van der Waals surface area contributed by atoms with Crippen molar-refractivity contribution in [2.24, 2.45) is 0 Å². The minimum atomic E-state index is -0.194. The summed E-state index contributed by atoms with van der Waals surface area (Å²) in [4.78, 5) is 16.8. The molecule has 0 bridgehead atoms. The van der Waals surface area contributed by atoms with Crippen molar-refractivity contribution < 1.29 is 13.9 Å². The lowest BCUT2D eigenvalue weighted by atomic mass is 10.1. The van der Waals surface area contributed by atoms with Gasteiger partial charge in [0, 0.05) is 49.7 Å². The van der Waals surface area contributed by atoms with Gasteiger partial charge in [0.1, 0.15) is 11.6 Å². The SMILES string of the molecule is Cc1ccc(OCC(=O)Nc2ccc(N3CCN(Cc4ccccc4F)CC3)cc2)cc1. The van der Waals surface area contributed by atoms with Crippen LogP contribution in [0.1, 0.15) is 11.1 Å². The lowest BCUT2D eigenvalue weighted by molar-refractivity contribution is -0.118. The molecule has 3 aromatic rings. The van der Waals surface area contributed by atoms with Gasteiger partial charge in [-0.05, 0) is 49.4 Å². The van der Waals surface area contributed by atoms with E-state index in [0.717, 1.165) is 48.7 Å². The van der Waals surface area contributed by atoms with Gasteiger partial charge in [-0.2, -0.15) is 0 Å². The second kappa shape index (κ2) is 10.3. The lowest BCUT2D eigenvalue weighted by Crippen LogP contribution is -2.46. The Kier molecular flexibility index (Phi) is 7.02. The van der Waals surface area contributed by atoms with Gasteiger partial charge in [-0.15, -0.1) is 0 Å². The van der Waals surface area contributed by atoms with Crippen molar-refractivity contribution in [1.82, 2.24) is 4.90 Å². The number of hydrogen-bond donors (Lipinski definition) is 1. The summed E-state index contributed by atoms with van der Waals surface area (Å²) in [5.41, 5.74) is 3.75. The number of rotatable bonds is 7. The van der Waals surface area contributed by atoms with Crippen LogP contribution in [0.15, 0.2) is 72.8 Å². The molecule has 0 aromatic heterocycles. The molecular formula is C26H28FN3O2. The first-order chi connectivity index (χ1) is 15.6. The molecule has 3 aromatic carbocycles. The summed E-state index contributed by atoms with van der Waals surface area (Å²) in [6.07, 6.45) is 0. The Morgan fingerprint density at radius 3 is 2.31 bits per heavy atom. The number of hydrogen-bond acceptors (Lipinski definition) is 4. The number of carbonyl (C=O) groups excluding carboxylic acids is 1. The van der Waals surface area contributed by atoms with Gasteiger partial charge in [-0.25, -0.2) is 4.39 Å². The van der Waals surface area contributed by atoms with E-state index >= 15 is 0 Å². The van der Waals surface area contributed by atoms with E-state index in [2.05, 4.69) is 15.1 Å². The Hall–Kier alpha value is -3.38. The molecule has 0 spiro atoms. The van der Waals surface area contributed by atoms with Crippen molar-refractivity contribution in [3.05, 3.63) is 89.7 Å². The van der Waals surface area contributed by atoms with Crippen molar-refractivity contribution in [2.45, 2.75) is 13.5 Å². The first-order valence-electron chi connectivity index (χ1n) is 10.9. The molecule has 0 atom stereocenters. The van der Waals surface area contributed by atoms with E-state index in [9.17, 15) is 9.18 Å². The van der Waals surface area contributed by atoms with Crippen molar-refractivity contribution in [3.63, 3.8) is 0 Å². The van der Waals surface area contributed by atoms with Gasteiger partial charge in [0.25, 0.3) is 5.91 Å². The highest BCUT2D eigenvalue weighted by molar-refractivity contribution is 5.92. The number of benzene rings is 3. The minimum absolute atomic E-state index is 0.0330. The van der Waals surface area contributed by atoms with E-state index in [4.69, 9.17) is 4.74 Å². The number of anilines is 2. The van der Waals surface area contributed by atoms with Crippen LogP contribution < -0.4 is 15.0 Å². The summed E-state index contributed by atoms with van der Waals surface area (Å²) in [5.74, 6) is 0.340. The van der Waals surface area contributed by atoms with E-state index in [-0.39, 0.29) is 18.3 Å². The van der Waals surface area contributed by atoms with Gasteiger partial charge in [0.05, 0.1) is 0 Å². The fraction of sp³-hybridized carbons (Fsp3) is 0.269. The van der Waals surface area contributed by atoms with Crippen LogP contribution in [0.4, 0.5) is 15.8 Å². The van der Waals surface area contributed by atoms with E-state index in [0.29, 0.717) is 12.3 Å². The topological polar surface area (TPSA) is 44.8 Å². The Bertz CT molecular complexity index is 1030. The summed E-state index contributed by atoms with van der Waals surface area (Å²) in [6.45, 7) is 6.12. The van der Waals surface area contributed by atoms with Gasteiger partial charge in [-0.1, -0.05) is 35.9 Å². The molecule has 0 unspecified atom stereocenters.